The summed E-state index contributed by atoms with van der Waals surface area (Å²) < 4.78 is 0.872. The minimum atomic E-state index is 0.152. The molecule has 0 spiro atoms. The molecule has 1 aromatic heterocycles. The fraction of sp³-hybridized carbons (Fsp3) is 0.714. The number of nitrogens with zero attached hydrogens (tertiary/aromatic N) is 2. The number of thiophene rings is 1. The Morgan fingerprint density at radius 1 is 1.53 bits per heavy atom. The molecule has 106 valence electrons. The SMILES string of the molecule is CN(Cc1ccc(Cl)s1)C1(CN)CCN(C2CC2)C1. The molecule has 1 unspecified atom stereocenters. The van der Waals surface area contributed by atoms with Gasteiger partial charge < -0.3 is 5.73 Å². The molecule has 1 aliphatic heterocycles. The van der Waals surface area contributed by atoms with Crippen molar-refractivity contribution in [1.82, 2.24) is 9.80 Å². The molecule has 0 radical (unpaired) electrons. The largest absolute Gasteiger partial charge is 0.329 e. The Morgan fingerprint density at radius 3 is 2.89 bits per heavy atom. The van der Waals surface area contributed by atoms with E-state index in [9.17, 15) is 0 Å². The molecule has 1 aliphatic carbocycles. The Bertz CT molecular complexity index is 446. The number of hydrogen-bond donors (Lipinski definition) is 1. The third-order valence-corrected chi connectivity index (χ3v) is 5.85. The van der Waals surface area contributed by atoms with Crippen LogP contribution in [0.5, 0.6) is 0 Å². The van der Waals surface area contributed by atoms with Crippen molar-refractivity contribution < 1.29 is 0 Å². The molecule has 1 saturated heterocycles. The fourth-order valence-electron chi connectivity index (χ4n) is 3.11. The van der Waals surface area contributed by atoms with Crippen LogP contribution in [0.15, 0.2) is 12.1 Å². The third kappa shape index (κ3) is 2.83. The quantitative estimate of drug-likeness (QED) is 0.906. The maximum atomic E-state index is 6.12. The molecule has 2 aliphatic rings. The Balaban J connectivity index is 1.67. The van der Waals surface area contributed by atoms with Crippen LogP contribution in [0.1, 0.15) is 24.1 Å². The zero-order chi connectivity index (χ0) is 13.5. The molecule has 2 N–H and O–H groups in total. The maximum Gasteiger partial charge on any atom is 0.0931 e. The molecule has 2 heterocycles. The van der Waals surface area contributed by atoms with E-state index in [0.29, 0.717) is 0 Å². The molecule has 1 aromatic rings. The van der Waals surface area contributed by atoms with Crippen molar-refractivity contribution in [3.8, 4) is 0 Å². The van der Waals surface area contributed by atoms with Gasteiger partial charge in [0.25, 0.3) is 0 Å². The van der Waals surface area contributed by atoms with Gasteiger partial charge in [-0.1, -0.05) is 11.6 Å². The fourth-order valence-corrected chi connectivity index (χ4v) is 4.25. The van der Waals surface area contributed by atoms with E-state index in [1.807, 2.05) is 6.07 Å². The number of nitrogens with two attached hydrogens (primary N) is 1. The minimum absolute atomic E-state index is 0.152. The molecule has 3 rings (SSSR count). The maximum absolute atomic E-state index is 6.12. The molecule has 1 saturated carbocycles. The first-order valence-corrected chi connectivity index (χ1v) is 8.22. The van der Waals surface area contributed by atoms with E-state index in [4.69, 9.17) is 17.3 Å². The first kappa shape index (κ1) is 13.8. The van der Waals surface area contributed by atoms with E-state index < -0.39 is 0 Å². The molecule has 2 fully saturated rings. The summed E-state index contributed by atoms with van der Waals surface area (Å²) in [5, 5.41) is 0. The van der Waals surface area contributed by atoms with Crippen LogP contribution in [0.25, 0.3) is 0 Å². The molecule has 0 bridgehead atoms. The van der Waals surface area contributed by atoms with Crippen LogP contribution in [-0.2, 0) is 6.54 Å². The van der Waals surface area contributed by atoms with Crippen molar-refractivity contribution >= 4 is 22.9 Å². The van der Waals surface area contributed by atoms with Crippen molar-refractivity contribution in [2.24, 2.45) is 5.73 Å². The van der Waals surface area contributed by atoms with Crippen molar-refractivity contribution in [1.29, 1.82) is 0 Å². The van der Waals surface area contributed by atoms with Gasteiger partial charge >= 0.3 is 0 Å². The Kier molecular flexibility index (Phi) is 3.89. The predicted molar refractivity (Wildman–Crippen MR) is 81.8 cm³/mol. The standard InChI is InChI=1S/C14H22ClN3S/c1-17(8-12-4-5-13(15)19-12)14(9-16)6-7-18(10-14)11-2-3-11/h4-5,11H,2-3,6-10,16H2,1H3. The molecular formula is C14H22ClN3S. The van der Waals surface area contributed by atoms with E-state index in [-0.39, 0.29) is 5.54 Å². The van der Waals surface area contributed by atoms with Crippen LogP contribution >= 0.6 is 22.9 Å². The van der Waals surface area contributed by atoms with Crippen molar-refractivity contribution in [2.45, 2.75) is 37.4 Å². The van der Waals surface area contributed by atoms with Gasteiger partial charge in [-0.3, -0.25) is 9.80 Å². The second kappa shape index (κ2) is 5.34. The monoisotopic (exact) mass is 299 g/mol. The second-order valence-electron chi connectivity index (χ2n) is 5.94. The van der Waals surface area contributed by atoms with Gasteiger partial charge in [0.2, 0.25) is 0 Å². The number of rotatable bonds is 5. The lowest BCUT2D eigenvalue weighted by Crippen LogP contribution is -2.53. The van der Waals surface area contributed by atoms with Gasteiger partial charge in [-0.2, -0.15) is 0 Å². The number of halogens is 1. The third-order valence-electron chi connectivity index (χ3n) is 4.64. The van der Waals surface area contributed by atoms with E-state index >= 15 is 0 Å². The van der Waals surface area contributed by atoms with Crippen LogP contribution in [0.2, 0.25) is 4.34 Å². The first-order chi connectivity index (χ1) is 9.13. The Hall–Kier alpha value is -0.130. The summed E-state index contributed by atoms with van der Waals surface area (Å²) in [4.78, 5) is 6.40. The van der Waals surface area contributed by atoms with Gasteiger partial charge in [-0.15, -0.1) is 11.3 Å². The average Bonchev–Trinajstić information content (AvgIpc) is 3.02. The highest BCUT2D eigenvalue weighted by molar-refractivity contribution is 7.16. The van der Waals surface area contributed by atoms with Gasteiger partial charge in [0, 0.05) is 42.6 Å². The first-order valence-electron chi connectivity index (χ1n) is 7.02. The highest BCUT2D eigenvalue weighted by atomic mass is 35.5. The van der Waals surface area contributed by atoms with Crippen LogP contribution in [0.4, 0.5) is 0 Å². The second-order valence-corrected chi connectivity index (χ2v) is 7.74. The van der Waals surface area contributed by atoms with Crippen molar-refractivity contribution in [3.05, 3.63) is 21.3 Å². The lowest BCUT2D eigenvalue weighted by Gasteiger charge is -2.38. The Labute approximate surface area is 124 Å². The lowest BCUT2D eigenvalue weighted by atomic mass is 9.96. The summed E-state index contributed by atoms with van der Waals surface area (Å²) in [6.45, 7) is 4.03. The molecular weight excluding hydrogens is 278 g/mol. The molecule has 5 heteroatoms. The minimum Gasteiger partial charge on any atom is -0.329 e. The van der Waals surface area contributed by atoms with Gasteiger partial charge in [0.15, 0.2) is 0 Å². The molecule has 0 aromatic carbocycles. The summed E-state index contributed by atoms with van der Waals surface area (Å²) in [6, 6.07) is 4.95. The van der Waals surface area contributed by atoms with Gasteiger partial charge in [0.05, 0.1) is 4.34 Å². The van der Waals surface area contributed by atoms with Crippen LogP contribution < -0.4 is 5.73 Å². The number of hydrogen-bond acceptors (Lipinski definition) is 4. The molecule has 0 amide bonds. The normalized spacial score (nSPS) is 28.4. The number of likely N-dealkylation sites (N-methyl/N-ethyl adjacent to an activating group) is 1. The van der Waals surface area contributed by atoms with Gasteiger partial charge in [-0.25, -0.2) is 0 Å². The number of likely N-dealkylation sites (tertiary alicyclic amines) is 1. The summed E-state index contributed by atoms with van der Waals surface area (Å²) in [5.74, 6) is 0. The van der Waals surface area contributed by atoms with E-state index in [1.165, 1.54) is 30.7 Å². The summed E-state index contributed by atoms with van der Waals surface area (Å²) in [6.07, 6.45) is 3.95. The van der Waals surface area contributed by atoms with Crippen LogP contribution in [0, 0.1) is 0 Å². The Morgan fingerprint density at radius 2 is 2.32 bits per heavy atom. The average molecular weight is 300 g/mol. The van der Waals surface area contributed by atoms with E-state index in [1.54, 1.807) is 11.3 Å². The lowest BCUT2D eigenvalue weighted by molar-refractivity contribution is 0.121. The highest BCUT2D eigenvalue weighted by Gasteiger charge is 2.44. The van der Waals surface area contributed by atoms with E-state index in [2.05, 4.69) is 22.9 Å². The van der Waals surface area contributed by atoms with Crippen molar-refractivity contribution in [3.63, 3.8) is 0 Å². The summed E-state index contributed by atoms with van der Waals surface area (Å²) >= 11 is 7.68. The molecule has 1 atom stereocenters. The smallest absolute Gasteiger partial charge is 0.0931 e. The van der Waals surface area contributed by atoms with Gasteiger partial charge in [0.1, 0.15) is 0 Å². The van der Waals surface area contributed by atoms with Crippen LogP contribution in [0.3, 0.4) is 0 Å². The predicted octanol–water partition coefficient (Wildman–Crippen LogP) is 2.40. The van der Waals surface area contributed by atoms with Crippen LogP contribution in [-0.4, -0.2) is 48.1 Å². The summed E-state index contributed by atoms with van der Waals surface area (Å²) in [7, 11) is 2.21. The van der Waals surface area contributed by atoms with Gasteiger partial charge in [-0.05, 0) is 38.4 Å². The van der Waals surface area contributed by atoms with Crippen molar-refractivity contribution in [2.75, 3.05) is 26.7 Å². The zero-order valence-corrected chi connectivity index (χ0v) is 13.0. The zero-order valence-electron chi connectivity index (χ0n) is 11.4. The molecule has 19 heavy (non-hydrogen) atoms. The summed E-state index contributed by atoms with van der Waals surface area (Å²) in [5.41, 5.74) is 6.27. The topological polar surface area (TPSA) is 32.5 Å². The highest BCUT2D eigenvalue weighted by Crippen LogP contribution is 2.36. The molecule has 3 nitrogen and oxygen atoms in total. The van der Waals surface area contributed by atoms with E-state index in [0.717, 1.165) is 30.0 Å².